The van der Waals surface area contributed by atoms with Gasteiger partial charge in [0.25, 0.3) is 0 Å². The minimum atomic E-state index is -1.11. The van der Waals surface area contributed by atoms with Crippen LogP contribution in [0, 0.1) is 0 Å². The third-order valence-corrected chi connectivity index (χ3v) is 3.39. The fourth-order valence-electron chi connectivity index (χ4n) is 0.736. The Bertz CT molecular complexity index is 366. The van der Waals surface area contributed by atoms with Crippen LogP contribution in [-0.4, -0.2) is 39.5 Å². The Kier molecular flexibility index (Phi) is 4.50. The van der Waals surface area contributed by atoms with Crippen LogP contribution in [0.1, 0.15) is 16.9 Å². The normalized spacial score (nSPS) is 9.93. The maximum Gasteiger partial charge on any atom is 0.358 e. The highest BCUT2D eigenvalue weighted by Gasteiger charge is 2.15. The monoisotopic (exact) mass is 248 g/mol. The number of carboxylic acids is 1. The number of carbonyl (C=O) groups excluding carboxylic acids is 1. The zero-order valence-corrected chi connectivity index (χ0v) is 9.43. The number of rotatable bonds is 5. The number of hydrogen-bond acceptors (Lipinski definition) is 7. The fraction of sp³-hybridized carbons (Fsp3) is 0.429. The second kappa shape index (κ2) is 5.66. The van der Waals surface area contributed by atoms with E-state index in [-0.39, 0.29) is 18.1 Å². The number of aromatic carboxylic acids is 1. The van der Waals surface area contributed by atoms with Gasteiger partial charge in [-0.25, -0.2) is 4.79 Å². The van der Waals surface area contributed by atoms with Gasteiger partial charge in [-0.15, -0.1) is 16.9 Å². The van der Waals surface area contributed by atoms with Crippen molar-refractivity contribution < 1.29 is 19.4 Å². The lowest BCUT2D eigenvalue weighted by molar-refractivity contribution is -0.140. The van der Waals surface area contributed by atoms with Crippen LogP contribution in [0.3, 0.4) is 0 Å². The van der Waals surface area contributed by atoms with Crippen molar-refractivity contribution in [2.24, 2.45) is 0 Å². The number of nitrogens with zero attached hydrogens (tertiary/aromatic N) is 2. The van der Waals surface area contributed by atoms with E-state index in [0.29, 0.717) is 9.96 Å². The van der Waals surface area contributed by atoms with Gasteiger partial charge in [-0.1, -0.05) is 4.49 Å². The molecule has 0 spiro atoms. The fourth-order valence-corrected chi connectivity index (χ4v) is 2.43. The molecule has 0 atom stereocenters. The van der Waals surface area contributed by atoms with Crippen molar-refractivity contribution in [3.05, 3.63) is 5.69 Å². The molecule has 6 nitrogen and oxygen atoms in total. The summed E-state index contributed by atoms with van der Waals surface area (Å²) in [6.07, 6.45) is 0.234. The summed E-state index contributed by atoms with van der Waals surface area (Å²) in [5.74, 6) is -0.974. The summed E-state index contributed by atoms with van der Waals surface area (Å²) in [6, 6.07) is 0. The molecule has 0 aliphatic carbocycles. The van der Waals surface area contributed by atoms with Crippen molar-refractivity contribution in [2.75, 3.05) is 12.9 Å². The zero-order valence-electron chi connectivity index (χ0n) is 7.80. The predicted octanol–water partition coefficient (Wildman–Crippen LogP) is 0.891. The molecule has 1 heterocycles. The van der Waals surface area contributed by atoms with Crippen LogP contribution < -0.4 is 0 Å². The first-order valence-corrected chi connectivity index (χ1v) is 5.66. The highest BCUT2D eigenvalue weighted by molar-refractivity contribution is 8.01. The second-order valence-corrected chi connectivity index (χ2v) is 4.51. The first-order chi connectivity index (χ1) is 7.15. The van der Waals surface area contributed by atoms with Crippen LogP contribution in [0.5, 0.6) is 0 Å². The van der Waals surface area contributed by atoms with Gasteiger partial charge >= 0.3 is 11.9 Å². The number of esters is 1. The number of thioether (sulfide) groups is 1. The molecule has 0 aliphatic heterocycles. The summed E-state index contributed by atoms with van der Waals surface area (Å²) in [6.45, 7) is 0. The summed E-state index contributed by atoms with van der Waals surface area (Å²) in [5, 5.41) is 12.2. The maximum atomic E-state index is 10.8. The van der Waals surface area contributed by atoms with Crippen LogP contribution in [0.15, 0.2) is 4.21 Å². The Morgan fingerprint density at radius 3 is 2.93 bits per heavy atom. The molecular weight excluding hydrogens is 240 g/mol. The molecule has 1 aromatic heterocycles. The number of carboxylic acid groups (broad SMARTS) is 1. The van der Waals surface area contributed by atoms with Gasteiger partial charge in [-0.3, -0.25) is 4.79 Å². The van der Waals surface area contributed by atoms with Crippen molar-refractivity contribution in [1.82, 2.24) is 9.59 Å². The molecule has 0 bridgehead atoms. The molecule has 1 rings (SSSR count). The van der Waals surface area contributed by atoms with Crippen molar-refractivity contribution in [1.29, 1.82) is 0 Å². The molecule has 0 unspecified atom stereocenters. The van der Waals surface area contributed by atoms with Crippen LogP contribution >= 0.6 is 23.3 Å². The molecule has 0 radical (unpaired) electrons. The van der Waals surface area contributed by atoms with E-state index in [1.807, 2.05) is 0 Å². The highest BCUT2D eigenvalue weighted by atomic mass is 32.2. The van der Waals surface area contributed by atoms with Gasteiger partial charge < -0.3 is 9.84 Å². The van der Waals surface area contributed by atoms with Gasteiger partial charge in [-0.05, 0) is 11.5 Å². The molecular formula is C7H8N2O4S2. The van der Waals surface area contributed by atoms with Crippen molar-refractivity contribution in [3.8, 4) is 0 Å². The van der Waals surface area contributed by atoms with E-state index < -0.39 is 5.97 Å². The first-order valence-electron chi connectivity index (χ1n) is 3.90. The lowest BCUT2D eigenvalue weighted by atomic mass is 10.5. The summed E-state index contributed by atoms with van der Waals surface area (Å²) in [5.41, 5.74) is -0.0603. The van der Waals surface area contributed by atoms with E-state index in [1.165, 1.54) is 18.9 Å². The van der Waals surface area contributed by atoms with Gasteiger partial charge in [0.1, 0.15) is 4.21 Å². The molecule has 0 saturated carbocycles. The van der Waals surface area contributed by atoms with Crippen molar-refractivity contribution in [3.63, 3.8) is 0 Å². The quantitative estimate of drug-likeness (QED) is 0.611. The summed E-state index contributed by atoms with van der Waals surface area (Å²) in [4.78, 5) is 21.4. The summed E-state index contributed by atoms with van der Waals surface area (Å²) in [7, 11) is 1.31. The van der Waals surface area contributed by atoms with Crippen molar-refractivity contribution in [2.45, 2.75) is 10.6 Å². The lowest BCUT2D eigenvalue weighted by Gasteiger charge is -1.97. The third kappa shape index (κ3) is 3.48. The van der Waals surface area contributed by atoms with E-state index >= 15 is 0 Å². The number of ether oxygens (including phenoxy) is 1. The van der Waals surface area contributed by atoms with Crippen LogP contribution in [0.2, 0.25) is 0 Å². The number of carbonyl (C=O) groups is 2. The van der Waals surface area contributed by atoms with Crippen LogP contribution in [0.25, 0.3) is 0 Å². The minimum absolute atomic E-state index is 0.0603. The molecule has 0 fully saturated rings. The second-order valence-electron chi connectivity index (χ2n) is 2.39. The van der Waals surface area contributed by atoms with Gasteiger partial charge in [0.15, 0.2) is 5.69 Å². The van der Waals surface area contributed by atoms with Crippen molar-refractivity contribution >= 4 is 35.2 Å². The number of methoxy groups -OCH3 is 1. The lowest BCUT2D eigenvalue weighted by Crippen LogP contribution is -2.02. The minimum Gasteiger partial charge on any atom is -0.476 e. The molecule has 0 aromatic carbocycles. The van der Waals surface area contributed by atoms with E-state index in [0.717, 1.165) is 11.5 Å². The molecule has 15 heavy (non-hydrogen) atoms. The summed E-state index contributed by atoms with van der Waals surface area (Å²) >= 11 is 2.24. The van der Waals surface area contributed by atoms with Gasteiger partial charge in [0, 0.05) is 5.75 Å². The Morgan fingerprint density at radius 1 is 1.60 bits per heavy atom. The molecule has 0 saturated heterocycles. The molecule has 0 aliphatic rings. The standard InChI is InChI=1S/C7H8N2O4S2/c1-13-4(10)2-3-14-7-5(6(11)12)8-9-15-7/h2-3H2,1H3,(H,11,12). The molecule has 1 N–H and O–H groups in total. The average molecular weight is 248 g/mol. The number of hydrogen-bond donors (Lipinski definition) is 1. The van der Waals surface area contributed by atoms with Crippen LogP contribution in [-0.2, 0) is 9.53 Å². The number of aromatic nitrogens is 2. The van der Waals surface area contributed by atoms with E-state index in [9.17, 15) is 9.59 Å². The topological polar surface area (TPSA) is 89.4 Å². The smallest absolute Gasteiger partial charge is 0.358 e. The van der Waals surface area contributed by atoms with Crippen LogP contribution in [0.4, 0.5) is 0 Å². The van der Waals surface area contributed by atoms with E-state index in [2.05, 4.69) is 14.3 Å². The highest BCUT2D eigenvalue weighted by Crippen LogP contribution is 2.25. The van der Waals surface area contributed by atoms with Gasteiger partial charge in [0.2, 0.25) is 0 Å². The predicted molar refractivity (Wildman–Crippen MR) is 54.2 cm³/mol. The van der Waals surface area contributed by atoms with E-state index in [1.54, 1.807) is 0 Å². The third-order valence-electron chi connectivity index (χ3n) is 1.43. The average Bonchev–Trinajstić information content (AvgIpc) is 2.65. The SMILES string of the molecule is COC(=O)CCSc1snnc1C(=O)O. The van der Waals surface area contributed by atoms with E-state index in [4.69, 9.17) is 5.11 Å². The Hall–Kier alpha value is -1.15. The summed E-state index contributed by atoms with van der Waals surface area (Å²) < 4.78 is 8.49. The maximum absolute atomic E-state index is 10.8. The Morgan fingerprint density at radius 2 is 2.33 bits per heavy atom. The molecule has 8 heteroatoms. The Labute approximate surface area is 93.8 Å². The Balaban J connectivity index is 2.47. The first kappa shape index (κ1) is 11.9. The van der Waals surface area contributed by atoms with Gasteiger partial charge in [-0.2, -0.15) is 0 Å². The zero-order chi connectivity index (χ0) is 11.3. The van der Waals surface area contributed by atoms with Gasteiger partial charge in [0.05, 0.1) is 13.5 Å². The largest absolute Gasteiger partial charge is 0.476 e. The molecule has 1 aromatic rings. The molecule has 82 valence electrons. The molecule has 0 amide bonds.